The average Bonchev–Trinajstić information content (AvgIpc) is 2.48. The summed E-state index contributed by atoms with van der Waals surface area (Å²) in [6.07, 6.45) is 0. The Kier molecular flexibility index (Phi) is 4.70. The highest BCUT2D eigenvalue weighted by Crippen LogP contribution is 2.32. The van der Waals surface area contributed by atoms with E-state index in [0.717, 1.165) is 18.2 Å². The van der Waals surface area contributed by atoms with Crippen LogP contribution in [0.2, 0.25) is 0 Å². The molecule has 0 bridgehead atoms. The Morgan fingerprint density at radius 2 is 1.68 bits per heavy atom. The van der Waals surface area contributed by atoms with E-state index in [4.69, 9.17) is 4.18 Å². The van der Waals surface area contributed by atoms with Crippen molar-refractivity contribution in [3.63, 3.8) is 0 Å². The van der Waals surface area contributed by atoms with Crippen LogP contribution in [0.3, 0.4) is 0 Å². The molecule has 0 aromatic heterocycles. The van der Waals surface area contributed by atoms with E-state index in [1.54, 1.807) is 0 Å². The van der Waals surface area contributed by atoms with Gasteiger partial charge in [-0.3, -0.25) is 20.2 Å². The van der Waals surface area contributed by atoms with Crippen LogP contribution in [0.25, 0.3) is 0 Å². The molecule has 2 rings (SSSR count). The maximum atomic E-state index is 13.3. The lowest BCUT2D eigenvalue weighted by atomic mass is 10.1. The van der Waals surface area contributed by atoms with Gasteiger partial charge in [-0.15, -0.1) is 0 Å². The predicted octanol–water partition coefficient (Wildman–Crippen LogP) is 3.03. The number of halogens is 1. The zero-order chi connectivity index (χ0) is 18.9. The Labute approximate surface area is 141 Å². The van der Waals surface area contributed by atoms with E-state index in [-0.39, 0.29) is 5.56 Å². The maximum Gasteiger partial charge on any atom is 0.339 e. The molecule has 11 heteroatoms. The standard InChI is InChI=1S/C14H11FN2O7S/c1-8-5-11(16(18)19)7-14(9(8)2)25(22,23)24-13-6-10(15)3-4-12(13)17(20)21/h3-7H,1-2H3. The first kappa shape index (κ1) is 18.3. The maximum absolute atomic E-state index is 13.3. The fraction of sp³-hybridized carbons (Fsp3) is 0.143. The summed E-state index contributed by atoms with van der Waals surface area (Å²) in [5.41, 5.74) is -0.765. The molecule has 2 aromatic rings. The highest BCUT2D eigenvalue weighted by Gasteiger charge is 2.28. The number of nitrogens with zero attached hydrogens (tertiary/aromatic N) is 2. The van der Waals surface area contributed by atoms with Crippen molar-refractivity contribution in [1.82, 2.24) is 0 Å². The first-order valence-electron chi connectivity index (χ1n) is 6.67. The number of non-ortho nitro benzene ring substituents is 1. The van der Waals surface area contributed by atoms with E-state index >= 15 is 0 Å². The molecule has 0 aliphatic rings. The van der Waals surface area contributed by atoms with Gasteiger partial charge in [0.25, 0.3) is 5.69 Å². The SMILES string of the molecule is Cc1cc([N+](=O)[O-])cc(S(=O)(=O)Oc2cc(F)ccc2[N+](=O)[O-])c1C. The molecule has 0 unspecified atom stereocenters. The Morgan fingerprint density at radius 1 is 1.04 bits per heavy atom. The van der Waals surface area contributed by atoms with Crippen LogP contribution in [0.4, 0.5) is 15.8 Å². The van der Waals surface area contributed by atoms with Crippen molar-refractivity contribution in [2.45, 2.75) is 18.7 Å². The van der Waals surface area contributed by atoms with E-state index in [1.807, 2.05) is 0 Å². The van der Waals surface area contributed by atoms with Gasteiger partial charge < -0.3 is 4.18 Å². The molecule has 0 fully saturated rings. The average molecular weight is 370 g/mol. The lowest BCUT2D eigenvalue weighted by Crippen LogP contribution is -2.13. The summed E-state index contributed by atoms with van der Waals surface area (Å²) in [5, 5.41) is 21.9. The van der Waals surface area contributed by atoms with Gasteiger partial charge in [-0.25, -0.2) is 4.39 Å². The van der Waals surface area contributed by atoms with Gasteiger partial charge in [-0.2, -0.15) is 8.42 Å². The second-order valence-electron chi connectivity index (χ2n) is 5.05. The molecule has 0 saturated carbocycles. The predicted molar refractivity (Wildman–Crippen MR) is 83.4 cm³/mol. The molecule has 0 aliphatic heterocycles. The second-order valence-corrected chi connectivity index (χ2v) is 6.56. The summed E-state index contributed by atoms with van der Waals surface area (Å²) in [6, 6.07) is 4.04. The summed E-state index contributed by atoms with van der Waals surface area (Å²) in [6.45, 7) is 2.86. The lowest BCUT2D eigenvalue weighted by Gasteiger charge is -2.11. The molecular formula is C14H11FN2O7S. The van der Waals surface area contributed by atoms with Crippen LogP contribution in [0.15, 0.2) is 35.2 Å². The highest BCUT2D eigenvalue weighted by molar-refractivity contribution is 7.87. The zero-order valence-electron chi connectivity index (χ0n) is 12.9. The molecule has 0 amide bonds. The van der Waals surface area contributed by atoms with Gasteiger partial charge in [0.1, 0.15) is 10.7 Å². The molecule has 0 radical (unpaired) electrons. The Bertz CT molecular complexity index is 989. The molecule has 132 valence electrons. The Morgan fingerprint density at radius 3 is 2.24 bits per heavy atom. The number of rotatable bonds is 5. The summed E-state index contributed by atoms with van der Waals surface area (Å²) >= 11 is 0. The summed E-state index contributed by atoms with van der Waals surface area (Å²) in [5.74, 6) is -1.77. The van der Waals surface area contributed by atoms with E-state index in [0.29, 0.717) is 11.6 Å². The minimum Gasteiger partial charge on any atom is -0.371 e. The fourth-order valence-electron chi connectivity index (χ4n) is 2.04. The molecular weight excluding hydrogens is 359 g/mol. The van der Waals surface area contributed by atoms with E-state index < -0.39 is 47.8 Å². The molecule has 2 aromatic carbocycles. The quantitative estimate of drug-likeness (QED) is 0.449. The molecule has 9 nitrogen and oxygen atoms in total. The van der Waals surface area contributed by atoms with Gasteiger partial charge in [0.15, 0.2) is 0 Å². The van der Waals surface area contributed by atoms with Gasteiger partial charge >= 0.3 is 15.8 Å². The van der Waals surface area contributed by atoms with Crippen LogP contribution in [0.1, 0.15) is 11.1 Å². The first-order valence-corrected chi connectivity index (χ1v) is 8.08. The number of hydrogen-bond acceptors (Lipinski definition) is 7. The van der Waals surface area contributed by atoms with Crippen LogP contribution < -0.4 is 4.18 Å². The number of benzene rings is 2. The monoisotopic (exact) mass is 370 g/mol. The molecule has 25 heavy (non-hydrogen) atoms. The Hall–Kier alpha value is -3.08. The highest BCUT2D eigenvalue weighted by atomic mass is 32.2. The molecule has 0 saturated heterocycles. The third-order valence-electron chi connectivity index (χ3n) is 3.40. The molecule has 0 aliphatic carbocycles. The van der Waals surface area contributed by atoms with Crippen molar-refractivity contribution < 1.29 is 26.8 Å². The largest absolute Gasteiger partial charge is 0.371 e. The normalized spacial score (nSPS) is 11.2. The number of nitro groups is 2. The minimum absolute atomic E-state index is 0.171. The third kappa shape index (κ3) is 3.71. The molecule has 0 atom stereocenters. The van der Waals surface area contributed by atoms with Crippen LogP contribution in [0.5, 0.6) is 5.75 Å². The van der Waals surface area contributed by atoms with Crippen LogP contribution in [-0.4, -0.2) is 18.3 Å². The second kappa shape index (κ2) is 6.43. The van der Waals surface area contributed by atoms with Gasteiger partial charge in [-0.05, 0) is 31.0 Å². The van der Waals surface area contributed by atoms with Crippen molar-refractivity contribution in [3.05, 3.63) is 67.5 Å². The van der Waals surface area contributed by atoms with Crippen molar-refractivity contribution >= 4 is 21.5 Å². The summed E-state index contributed by atoms with van der Waals surface area (Å²) in [7, 11) is -4.67. The first-order chi connectivity index (χ1) is 11.5. The van der Waals surface area contributed by atoms with Gasteiger partial charge in [0.2, 0.25) is 5.75 Å². The smallest absolute Gasteiger partial charge is 0.339 e. The van der Waals surface area contributed by atoms with E-state index in [1.165, 1.54) is 19.9 Å². The molecule has 0 spiro atoms. The van der Waals surface area contributed by atoms with Crippen LogP contribution in [0, 0.1) is 39.9 Å². The molecule has 0 heterocycles. The van der Waals surface area contributed by atoms with Crippen LogP contribution >= 0.6 is 0 Å². The third-order valence-corrected chi connectivity index (χ3v) is 4.76. The van der Waals surface area contributed by atoms with Crippen molar-refractivity contribution in [3.8, 4) is 5.75 Å². The zero-order valence-corrected chi connectivity index (χ0v) is 13.7. The van der Waals surface area contributed by atoms with Crippen molar-refractivity contribution in [1.29, 1.82) is 0 Å². The number of nitro benzene ring substituents is 2. The summed E-state index contributed by atoms with van der Waals surface area (Å²) < 4.78 is 42.9. The number of aryl methyl sites for hydroxylation is 1. The lowest BCUT2D eigenvalue weighted by molar-refractivity contribution is -0.385. The van der Waals surface area contributed by atoms with Crippen LogP contribution in [-0.2, 0) is 10.1 Å². The van der Waals surface area contributed by atoms with Crippen molar-refractivity contribution in [2.75, 3.05) is 0 Å². The Balaban J connectivity index is 2.60. The van der Waals surface area contributed by atoms with Crippen molar-refractivity contribution in [2.24, 2.45) is 0 Å². The minimum atomic E-state index is -4.67. The topological polar surface area (TPSA) is 130 Å². The fourth-order valence-corrected chi connectivity index (χ4v) is 3.30. The van der Waals surface area contributed by atoms with Gasteiger partial charge in [-0.1, -0.05) is 0 Å². The van der Waals surface area contributed by atoms with E-state index in [9.17, 15) is 33.0 Å². The van der Waals surface area contributed by atoms with Gasteiger partial charge in [0, 0.05) is 24.3 Å². The molecule has 0 N–H and O–H groups in total. The van der Waals surface area contributed by atoms with E-state index in [2.05, 4.69) is 0 Å². The summed E-state index contributed by atoms with van der Waals surface area (Å²) in [4.78, 5) is 19.6. The van der Waals surface area contributed by atoms with Gasteiger partial charge in [0.05, 0.1) is 9.85 Å². The number of hydrogen-bond donors (Lipinski definition) is 0.